The normalized spacial score (nSPS) is 14.7. The van der Waals surface area contributed by atoms with Gasteiger partial charge < -0.3 is 29.4 Å². The maximum absolute atomic E-state index is 13.4. The van der Waals surface area contributed by atoms with Gasteiger partial charge in [-0.2, -0.15) is 0 Å². The van der Waals surface area contributed by atoms with Crippen molar-refractivity contribution in [3.8, 4) is 0 Å². The predicted molar refractivity (Wildman–Crippen MR) is 155 cm³/mol. The van der Waals surface area contributed by atoms with E-state index >= 15 is 0 Å². The Balaban J connectivity index is 2.92. The summed E-state index contributed by atoms with van der Waals surface area (Å²) in [5.74, 6) is -2.51. The summed E-state index contributed by atoms with van der Waals surface area (Å²) in [5, 5.41) is 8.77. The first-order valence-electron chi connectivity index (χ1n) is 14.5. The molecule has 0 spiro atoms. The van der Waals surface area contributed by atoms with Gasteiger partial charge in [0.05, 0.1) is 44.9 Å². The van der Waals surface area contributed by atoms with Gasteiger partial charge in [-0.1, -0.05) is 34.1 Å². The molecule has 0 aliphatic heterocycles. The van der Waals surface area contributed by atoms with E-state index in [2.05, 4.69) is 25.7 Å². The fourth-order valence-corrected chi connectivity index (χ4v) is 4.41. The summed E-state index contributed by atoms with van der Waals surface area (Å²) in [6, 6.07) is -2.30. The Labute approximate surface area is 248 Å². The number of nitrogens with one attached hydrogen (secondary N) is 3. The first-order chi connectivity index (χ1) is 19.8. The highest BCUT2D eigenvalue weighted by Crippen LogP contribution is 2.17. The minimum Gasteiger partial charge on any atom is -0.469 e. The van der Waals surface area contributed by atoms with Crippen molar-refractivity contribution in [3.63, 3.8) is 0 Å². The highest BCUT2D eigenvalue weighted by Gasteiger charge is 2.32. The van der Waals surface area contributed by atoms with E-state index in [0.717, 1.165) is 5.69 Å². The highest BCUT2D eigenvalue weighted by molar-refractivity contribution is 5.92. The van der Waals surface area contributed by atoms with Gasteiger partial charge in [-0.25, -0.2) is 9.78 Å². The summed E-state index contributed by atoms with van der Waals surface area (Å²) in [6.07, 6.45) is 3.05. The molecule has 0 bridgehead atoms. The minimum atomic E-state index is -0.850. The summed E-state index contributed by atoms with van der Waals surface area (Å²) in [6.45, 7) is 11.4. The lowest BCUT2D eigenvalue weighted by Crippen LogP contribution is -2.57. The van der Waals surface area contributed by atoms with Gasteiger partial charge in [-0.05, 0) is 32.1 Å². The molecule has 2 amide bonds. The molecule has 1 aromatic heterocycles. The van der Waals surface area contributed by atoms with Gasteiger partial charge in [-0.15, -0.1) is 0 Å². The molecule has 0 aromatic carbocycles. The molecule has 0 radical (unpaired) electrons. The van der Waals surface area contributed by atoms with E-state index in [1.54, 1.807) is 13.1 Å². The van der Waals surface area contributed by atoms with E-state index < -0.39 is 47.9 Å². The zero-order chi connectivity index (χ0) is 32.0. The Hall–Kier alpha value is -3.48. The Morgan fingerprint density at radius 2 is 1.55 bits per heavy atom. The maximum Gasteiger partial charge on any atom is 0.328 e. The standard InChI is InChI=1S/C29H49N5O8/c1-10-18(5)25(27(37)32-19(6)28(38)40-8)33-26(36)24(17(3)4)31-16-21-15-30-22(34(21)7)13-12-20(29(39)41-9)14-23(35)42-11-2/h15,17-20,24-25,31H,10-14,16H2,1-9H3,(H,32,37)(H,33,36)/t18-,19-,20?,24-,25-/m0/s1. The lowest BCUT2D eigenvalue weighted by Gasteiger charge is -2.28. The summed E-state index contributed by atoms with van der Waals surface area (Å²) < 4.78 is 16.4. The van der Waals surface area contributed by atoms with Gasteiger partial charge in [0, 0.05) is 26.2 Å². The zero-order valence-corrected chi connectivity index (χ0v) is 26.4. The average Bonchev–Trinajstić information content (AvgIpc) is 3.30. The van der Waals surface area contributed by atoms with Crippen molar-refractivity contribution < 1.29 is 38.2 Å². The molecule has 0 aliphatic rings. The van der Waals surface area contributed by atoms with E-state index in [0.29, 0.717) is 31.6 Å². The summed E-state index contributed by atoms with van der Waals surface area (Å²) in [4.78, 5) is 66.7. The van der Waals surface area contributed by atoms with Gasteiger partial charge >= 0.3 is 17.9 Å². The fraction of sp³-hybridized carbons (Fsp3) is 0.724. The number of carbonyl (C=O) groups is 5. The molecule has 13 nitrogen and oxygen atoms in total. The van der Waals surface area contributed by atoms with Crippen LogP contribution in [-0.2, 0) is 58.2 Å². The number of esters is 3. The van der Waals surface area contributed by atoms with Gasteiger partial charge in [0.2, 0.25) is 11.8 Å². The molecule has 5 atom stereocenters. The quantitative estimate of drug-likeness (QED) is 0.167. The van der Waals surface area contributed by atoms with Gasteiger partial charge in [0.25, 0.3) is 0 Å². The number of aryl methyl sites for hydroxylation is 1. The second-order valence-corrected chi connectivity index (χ2v) is 10.7. The van der Waals surface area contributed by atoms with Crippen LogP contribution in [0.25, 0.3) is 0 Å². The van der Waals surface area contributed by atoms with Crippen molar-refractivity contribution in [1.82, 2.24) is 25.5 Å². The van der Waals surface area contributed by atoms with Crippen molar-refractivity contribution in [2.24, 2.45) is 24.8 Å². The van der Waals surface area contributed by atoms with Crippen molar-refractivity contribution in [3.05, 3.63) is 17.7 Å². The molecule has 0 saturated heterocycles. The van der Waals surface area contributed by atoms with Crippen molar-refractivity contribution in [1.29, 1.82) is 0 Å². The number of hydrogen-bond acceptors (Lipinski definition) is 10. The Morgan fingerprint density at radius 1 is 0.929 bits per heavy atom. The summed E-state index contributed by atoms with van der Waals surface area (Å²) in [7, 11) is 4.37. The third kappa shape index (κ3) is 11.1. The lowest BCUT2D eigenvalue weighted by molar-refractivity contribution is -0.153. The molecule has 13 heteroatoms. The van der Waals surface area contributed by atoms with E-state index in [-0.39, 0.29) is 30.8 Å². The molecule has 0 saturated carbocycles. The molecule has 238 valence electrons. The van der Waals surface area contributed by atoms with Crippen LogP contribution in [-0.4, -0.2) is 78.2 Å². The van der Waals surface area contributed by atoms with Crippen molar-refractivity contribution in [2.75, 3.05) is 20.8 Å². The number of imidazole rings is 1. The predicted octanol–water partition coefficient (Wildman–Crippen LogP) is 1.42. The first kappa shape index (κ1) is 36.5. The zero-order valence-electron chi connectivity index (χ0n) is 26.4. The van der Waals surface area contributed by atoms with Crippen LogP contribution in [0, 0.1) is 17.8 Å². The fourth-order valence-electron chi connectivity index (χ4n) is 4.41. The molecular weight excluding hydrogens is 546 g/mol. The van der Waals surface area contributed by atoms with Crippen LogP contribution in [0.15, 0.2) is 6.20 Å². The maximum atomic E-state index is 13.4. The number of rotatable bonds is 18. The van der Waals surface area contributed by atoms with Crippen LogP contribution in [0.2, 0.25) is 0 Å². The molecule has 1 aromatic rings. The number of nitrogens with zero attached hydrogens (tertiary/aromatic N) is 2. The van der Waals surface area contributed by atoms with Gasteiger partial charge in [0.1, 0.15) is 17.9 Å². The SMILES string of the molecule is CCOC(=O)CC(CCc1ncc(CN[C@H](C(=O)N[C@H](C(=O)N[C@@H](C)C(=O)OC)[C@@H](C)CC)C(C)C)n1C)C(=O)OC. The highest BCUT2D eigenvalue weighted by atomic mass is 16.5. The van der Waals surface area contributed by atoms with Crippen molar-refractivity contribution >= 4 is 29.7 Å². The molecule has 1 heterocycles. The topological polar surface area (TPSA) is 167 Å². The Kier molecular flexibility index (Phi) is 15.8. The van der Waals surface area contributed by atoms with Crippen LogP contribution < -0.4 is 16.0 Å². The number of ether oxygens (including phenoxy) is 3. The second kappa shape index (κ2) is 18.1. The van der Waals surface area contributed by atoms with E-state index in [9.17, 15) is 24.0 Å². The number of amides is 2. The third-order valence-electron chi connectivity index (χ3n) is 7.31. The second-order valence-electron chi connectivity index (χ2n) is 10.7. The van der Waals surface area contributed by atoms with Crippen LogP contribution in [0.4, 0.5) is 0 Å². The first-order valence-corrected chi connectivity index (χ1v) is 14.5. The lowest BCUT2D eigenvalue weighted by atomic mass is 9.96. The molecule has 3 N–H and O–H groups in total. The van der Waals surface area contributed by atoms with Crippen LogP contribution in [0.3, 0.4) is 0 Å². The van der Waals surface area contributed by atoms with E-state index in [4.69, 9.17) is 9.47 Å². The largest absolute Gasteiger partial charge is 0.469 e. The molecule has 0 aliphatic carbocycles. The van der Waals surface area contributed by atoms with E-state index in [1.165, 1.54) is 21.1 Å². The number of carbonyl (C=O) groups excluding carboxylic acids is 5. The summed E-state index contributed by atoms with van der Waals surface area (Å²) >= 11 is 0. The molecular formula is C29H49N5O8. The van der Waals surface area contributed by atoms with Gasteiger partial charge in [0.15, 0.2) is 0 Å². The van der Waals surface area contributed by atoms with Crippen LogP contribution in [0.1, 0.15) is 72.3 Å². The van der Waals surface area contributed by atoms with Crippen LogP contribution >= 0.6 is 0 Å². The molecule has 1 unspecified atom stereocenters. The molecule has 42 heavy (non-hydrogen) atoms. The van der Waals surface area contributed by atoms with Crippen LogP contribution in [0.5, 0.6) is 0 Å². The number of aromatic nitrogens is 2. The number of hydrogen-bond donors (Lipinski definition) is 3. The van der Waals surface area contributed by atoms with E-state index in [1.807, 2.05) is 39.3 Å². The Morgan fingerprint density at radius 3 is 2.10 bits per heavy atom. The average molecular weight is 596 g/mol. The summed E-state index contributed by atoms with van der Waals surface area (Å²) in [5.41, 5.74) is 0.812. The number of methoxy groups -OCH3 is 2. The Bertz CT molecular complexity index is 1060. The third-order valence-corrected chi connectivity index (χ3v) is 7.31. The van der Waals surface area contributed by atoms with Crippen molar-refractivity contribution in [2.45, 2.75) is 91.9 Å². The monoisotopic (exact) mass is 595 g/mol. The minimum absolute atomic E-state index is 0.0677. The van der Waals surface area contributed by atoms with Gasteiger partial charge in [-0.3, -0.25) is 24.5 Å². The molecule has 0 fully saturated rings. The smallest absolute Gasteiger partial charge is 0.328 e. The molecule has 1 rings (SSSR count).